The van der Waals surface area contributed by atoms with Crippen molar-refractivity contribution in [3.63, 3.8) is 0 Å². The molecule has 0 bridgehead atoms. The predicted octanol–water partition coefficient (Wildman–Crippen LogP) is 2.96. The molecule has 142 valence electrons. The zero-order valence-electron chi connectivity index (χ0n) is 14.8. The molecule has 0 unspecified atom stereocenters. The van der Waals surface area contributed by atoms with Crippen LogP contribution in [0.1, 0.15) is 5.56 Å². The van der Waals surface area contributed by atoms with Crippen LogP contribution >= 0.6 is 15.9 Å². The third kappa shape index (κ3) is 4.40. The molecule has 2 aromatic carbocycles. The van der Waals surface area contributed by atoms with Crippen LogP contribution in [-0.2, 0) is 16.6 Å². The average molecular weight is 446 g/mol. The summed E-state index contributed by atoms with van der Waals surface area (Å²) >= 11 is 3.26. The Kier molecular flexibility index (Phi) is 6.74. The lowest BCUT2D eigenvalue weighted by molar-refractivity contribution is 0.353. The summed E-state index contributed by atoms with van der Waals surface area (Å²) in [7, 11) is 2.19. The summed E-state index contributed by atoms with van der Waals surface area (Å²) in [6.07, 6.45) is 0. The van der Waals surface area contributed by atoms with Gasteiger partial charge in [-0.15, -0.1) is 0 Å². The summed E-state index contributed by atoms with van der Waals surface area (Å²) in [6.45, 7) is 0.0868. The summed E-state index contributed by atoms with van der Waals surface area (Å²) in [5, 5.41) is 0. The van der Waals surface area contributed by atoms with Crippen LogP contribution in [0, 0.1) is 0 Å². The van der Waals surface area contributed by atoms with E-state index in [0.717, 1.165) is 5.56 Å². The minimum absolute atomic E-state index is 0.0515. The lowest BCUT2D eigenvalue weighted by atomic mass is 10.2. The molecule has 0 aliphatic rings. The van der Waals surface area contributed by atoms with Gasteiger partial charge in [0.05, 0.1) is 28.4 Å². The Balaban J connectivity index is 2.27. The molecule has 0 amide bonds. The highest BCUT2D eigenvalue weighted by Crippen LogP contribution is 2.35. The van der Waals surface area contributed by atoms with Gasteiger partial charge in [0, 0.05) is 17.1 Å². The Hall–Kier alpha value is -1.97. The molecule has 26 heavy (non-hydrogen) atoms. The van der Waals surface area contributed by atoms with Gasteiger partial charge < -0.3 is 18.9 Å². The fourth-order valence-corrected chi connectivity index (χ4v) is 4.34. The third-order valence-electron chi connectivity index (χ3n) is 3.64. The maximum Gasteiger partial charge on any atom is 0.242 e. The molecule has 0 saturated carbocycles. The normalized spacial score (nSPS) is 11.1. The second-order valence-corrected chi connectivity index (χ2v) is 7.74. The van der Waals surface area contributed by atoms with Crippen molar-refractivity contribution in [3.05, 3.63) is 40.4 Å². The van der Waals surface area contributed by atoms with Gasteiger partial charge in [-0.25, -0.2) is 13.1 Å². The van der Waals surface area contributed by atoms with Gasteiger partial charge >= 0.3 is 0 Å². The fraction of sp³-hybridized carbons (Fsp3) is 0.294. The first kappa shape index (κ1) is 20.3. The van der Waals surface area contributed by atoms with Crippen LogP contribution in [0.15, 0.2) is 39.7 Å². The number of methoxy groups -OCH3 is 4. The Morgan fingerprint density at radius 1 is 0.846 bits per heavy atom. The minimum Gasteiger partial charge on any atom is -0.493 e. The van der Waals surface area contributed by atoms with Crippen LogP contribution in [0.2, 0.25) is 0 Å². The standard InChI is InChI=1S/C17H20BrNO6S/c1-22-13-6-5-11(7-14(13)23-2)10-19-26(20,21)17-9-16(25-4)15(24-3)8-12(17)18/h5-9,19H,10H2,1-4H3. The zero-order valence-corrected chi connectivity index (χ0v) is 17.2. The van der Waals surface area contributed by atoms with Crippen molar-refractivity contribution >= 4 is 26.0 Å². The molecular formula is C17H20BrNO6S. The topological polar surface area (TPSA) is 83.1 Å². The van der Waals surface area contributed by atoms with Crippen molar-refractivity contribution in [1.29, 1.82) is 0 Å². The van der Waals surface area contributed by atoms with Crippen molar-refractivity contribution < 1.29 is 27.4 Å². The minimum atomic E-state index is -3.79. The monoisotopic (exact) mass is 445 g/mol. The second kappa shape index (κ2) is 8.61. The van der Waals surface area contributed by atoms with Crippen LogP contribution in [0.25, 0.3) is 0 Å². The highest BCUT2D eigenvalue weighted by atomic mass is 79.9. The lowest BCUT2D eigenvalue weighted by Gasteiger charge is -2.14. The van der Waals surface area contributed by atoms with E-state index in [2.05, 4.69) is 20.7 Å². The molecule has 0 aromatic heterocycles. The number of benzene rings is 2. The summed E-state index contributed by atoms with van der Waals surface area (Å²) in [5.41, 5.74) is 0.725. The first-order chi connectivity index (χ1) is 12.4. The van der Waals surface area contributed by atoms with Crippen LogP contribution in [0.4, 0.5) is 0 Å². The largest absolute Gasteiger partial charge is 0.493 e. The predicted molar refractivity (Wildman–Crippen MR) is 101 cm³/mol. The number of halogens is 1. The number of hydrogen-bond acceptors (Lipinski definition) is 6. The lowest BCUT2D eigenvalue weighted by Crippen LogP contribution is -2.23. The molecule has 0 saturated heterocycles. The molecule has 0 fully saturated rings. The van der Waals surface area contributed by atoms with E-state index in [1.807, 2.05) is 0 Å². The van der Waals surface area contributed by atoms with Gasteiger partial charge in [0.2, 0.25) is 10.0 Å². The molecule has 0 aliphatic heterocycles. The van der Waals surface area contributed by atoms with E-state index < -0.39 is 10.0 Å². The Bertz CT molecular complexity index is 885. The molecule has 0 radical (unpaired) electrons. The second-order valence-electron chi connectivity index (χ2n) is 5.15. The smallest absolute Gasteiger partial charge is 0.242 e. The summed E-state index contributed by atoms with van der Waals surface area (Å²) < 4.78 is 49.0. The van der Waals surface area contributed by atoms with Gasteiger partial charge in [-0.3, -0.25) is 0 Å². The highest BCUT2D eigenvalue weighted by molar-refractivity contribution is 9.10. The molecule has 0 spiro atoms. The van der Waals surface area contributed by atoms with Crippen molar-refractivity contribution in [2.45, 2.75) is 11.4 Å². The summed E-state index contributed by atoms with van der Waals surface area (Å²) in [6, 6.07) is 8.14. The van der Waals surface area contributed by atoms with Gasteiger partial charge in [0.15, 0.2) is 23.0 Å². The van der Waals surface area contributed by atoms with Gasteiger partial charge in [0.1, 0.15) is 4.90 Å². The zero-order chi connectivity index (χ0) is 19.3. The molecule has 0 heterocycles. The van der Waals surface area contributed by atoms with E-state index in [1.54, 1.807) is 24.3 Å². The summed E-state index contributed by atoms with van der Waals surface area (Å²) in [5.74, 6) is 1.85. The molecule has 1 N–H and O–H groups in total. The van der Waals surface area contributed by atoms with Crippen molar-refractivity contribution in [2.24, 2.45) is 0 Å². The van der Waals surface area contributed by atoms with E-state index in [0.29, 0.717) is 27.5 Å². The molecule has 2 rings (SSSR count). The number of hydrogen-bond donors (Lipinski definition) is 1. The Morgan fingerprint density at radius 3 is 1.96 bits per heavy atom. The molecule has 7 nitrogen and oxygen atoms in total. The number of rotatable bonds is 8. The van der Waals surface area contributed by atoms with E-state index in [4.69, 9.17) is 18.9 Å². The number of nitrogens with one attached hydrogen (secondary N) is 1. The quantitative estimate of drug-likeness (QED) is 0.672. The van der Waals surface area contributed by atoms with Gasteiger partial charge in [0.25, 0.3) is 0 Å². The SMILES string of the molecule is COc1ccc(CNS(=O)(=O)c2cc(OC)c(OC)cc2Br)cc1OC. The summed E-state index contributed by atoms with van der Waals surface area (Å²) in [4.78, 5) is 0.0515. The van der Waals surface area contributed by atoms with Gasteiger partial charge in [-0.05, 0) is 39.7 Å². The number of sulfonamides is 1. The van der Waals surface area contributed by atoms with Crippen molar-refractivity contribution in [3.8, 4) is 23.0 Å². The van der Waals surface area contributed by atoms with Crippen LogP contribution in [0.5, 0.6) is 23.0 Å². The van der Waals surface area contributed by atoms with Crippen LogP contribution in [0.3, 0.4) is 0 Å². The first-order valence-electron chi connectivity index (χ1n) is 7.48. The van der Waals surface area contributed by atoms with Gasteiger partial charge in [-0.1, -0.05) is 6.07 Å². The highest BCUT2D eigenvalue weighted by Gasteiger charge is 2.21. The Morgan fingerprint density at radius 2 is 1.38 bits per heavy atom. The average Bonchev–Trinajstić information content (AvgIpc) is 2.65. The van der Waals surface area contributed by atoms with E-state index in [-0.39, 0.29) is 11.4 Å². The van der Waals surface area contributed by atoms with Crippen molar-refractivity contribution in [2.75, 3.05) is 28.4 Å². The van der Waals surface area contributed by atoms with E-state index >= 15 is 0 Å². The maximum atomic E-state index is 12.7. The molecule has 9 heteroatoms. The fourth-order valence-electron chi connectivity index (χ4n) is 2.29. The Labute approximate surface area is 161 Å². The third-order valence-corrected chi connectivity index (χ3v) is 6.00. The maximum absolute atomic E-state index is 12.7. The number of ether oxygens (including phenoxy) is 4. The van der Waals surface area contributed by atoms with Gasteiger partial charge in [-0.2, -0.15) is 0 Å². The van der Waals surface area contributed by atoms with E-state index in [9.17, 15) is 8.42 Å². The molecule has 0 atom stereocenters. The van der Waals surface area contributed by atoms with Crippen LogP contribution < -0.4 is 23.7 Å². The molecule has 0 aliphatic carbocycles. The molecule has 2 aromatic rings. The molecular weight excluding hydrogens is 426 g/mol. The van der Waals surface area contributed by atoms with E-state index in [1.165, 1.54) is 34.5 Å². The van der Waals surface area contributed by atoms with Crippen LogP contribution in [-0.4, -0.2) is 36.9 Å². The van der Waals surface area contributed by atoms with Crippen molar-refractivity contribution in [1.82, 2.24) is 4.72 Å². The first-order valence-corrected chi connectivity index (χ1v) is 9.76.